The van der Waals surface area contributed by atoms with Crippen LogP contribution in [0.1, 0.15) is 43.6 Å². The molecular formula is C15H16ClN. The zero-order valence-electron chi connectivity index (χ0n) is 9.82. The second-order valence-electron chi connectivity index (χ2n) is 5.53. The standard InChI is InChI=1S/C15H16ClN/c16-14-3-1-2-11(9-14)12-4-5-13(8-12)15(10-17)6-7-15/h1-3,9,12-13H,4-8H2/t12-,13+/m1/s1. The van der Waals surface area contributed by atoms with E-state index in [4.69, 9.17) is 11.6 Å². The molecule has 17 heavy (non-hydrogen) atoms. The Balaban J connectivity index is 1.75. The van der Waals surface area contributed by atoms with Gasteiger partial charge in [0.15, 0.2) is 0 Å². The molecule has 1 aromatic rings. The Bertz CT molecular complexity index is 470. The molecular weight excluding hydrogens is 230 g/mol. The van der Waals surface area contributed by atoms with Crippen molar-refractivity contribution in [3.8, 4) is 6.07 Å². The van der Waals surface area contributed by atoms with Gasteiger partial charge in [-0.05, 0) is 61.6 Å². The maximum absolute atomic E-state index is 9.25. The number of halogens is 1. The van der Waals surface area contributed by atoms with Crippen LogP contribution in [0.5, 0.6) is 0 Å². The van der Waals surface area contributed by atoms with Gasteiger partial charge >= 0.3 is 0 Å². The SMILES string of the molecule is N#CC1([C@H]2CC[C@@H](c3cccc(Cl)c3)C2)CC1. The summed E-state index contributed by atoms with van der Waals surface area (Å²) < 4.78 is 0. The van der Waals surface area contributed by atoms with Gasteiger partial charge in [-0.15, -0.1) is 0 Å². The second kappa shape index (κ2) is 4.03. The molecule has 0 spiro atoms. The molecule has 0 amide bonds. The van der Waals surface area contributed by atoms with Crippen LogP contribution in [0.15, 0.2) is 24.3 Å². The highest BCUT2D eigenvalue weighted by atomic mass is 35.5. The highest BCUT2D eigenvalue weighted by Crippen LogP contribution is 2.59. The molecule has 1 aromatic carbocycles. The number of nitrogens with zero attached hydrogens (tertiary/aromatic N) is 1. The van der Waals surface area contributed by atoms with Gasteiger partial charge in [-0.1, -0.05) is 23.7 Å². The molecule has 0 unspecified atom stereocenters. The molecule has 0 aromatic heterocycles. The summed E-state index contributed by atoms with van der Waals surface area (Å²) in [6.07, 6.45) is 5.85. The van der Waals surface area contributed by atoms with Gasteiger partial charge in [0.2, 0.25) is 0 Å². The van der Waals surface area contributed by atoms with Crippen molar-refractivity contribution in [3.05, 3.63) is 34.9 Å². The van der Waals surface area contributed by atoms with E-state index in [0.29, 0.717) is 11.8 Å². The molecule has 0 radical (unpaired) electrons. The molecule has 0 heterocycles. The molecule has 0 aliphatic heterocycles. The normalized spacial score (nSPS) is 29.9. The predicted molar refractivity (Wildman–Crippen MR) is 68.8 cm³/mol. The van der Waals surface area contributed by atoms with Gasteiger partial charge in [0.25, 0.3) is 0 Å². The Kier molecular flexibility index (Phi) is 2.64. The number of rotatable bonds is 2. The Morgan fingerprint density at radius 2 is 2.12 bits per heavy atom. The maximum Gasteiger partial charge on any atom is 0.0692 e. The lowest BCUT2D eigenvalue weighted by Gasteiger charge is -2.15. The third-order valence-corrected chi connectivity index (χ3v) is 4.78. The first-order chi connectivity index (χ1) is 8.23. The van der Waals surface area contributed by atoms with E-state index >= 15 is 0 Å². The highest BCUT2D eigenvalue weighted by molar-refractivity contribution is 6.30. The fourth-order valence-corrected chi connectivity index (χ4v) is 3.49. The van der Waals surface area contributed by atoms with Crippen LogP contribution in [-0.4, -0.2) is 0 Å². The van der Waals surface area contributed by atoms with Crippen LogP contribution >= 0.6 is 11.6 Å². The third-order valence-electron chi connectivity index (χ3n) is 4.55. The van der Waals surface area contributed by atoms with Crippen LogP contribution in [0.3, 0.4) is 0 Å². The van der Waals surface area contributed by atoms with Crippen LogP contribution < -0.4 is 0 Å². The number of benzene rings is 1. The average molecular weight is 246 g/mol. The van der Waals surface area contributed by atoms with E-state index in [-0.39, 0.29) is 5.41 Å². The number of hydrogen-bond donors (Lipinski definition) is 0. The Morgan fingerprint density at radius 1 is 1.29 bits per heavy atom. The van der Waals surface area contributed by atoms with Gasteiger partial charge in [-0.3, -0.25) is 0 Å². The van der Waals surface area contributed by atoms with Crippen molar-refractivity contribution in [1.29, 1.82) is 5.26 Å². The van der Waals surface area contributed by atoms with Crippen LogP contribution in [0.25, 0.3) is 0 Å². The molecule has 3 rings (SSSR count). The van der Waals surface area contributed by atoms with Crippen molar-refractivity contribution in [2.45, 2.75) is 38.0 Å². The van der Waals surface area contributed by atoms with E-state index < -0.39 is 0 Å². The van der Waals surface area contributed by atoms with E-state index in [9.17, 15) is 5.26 Å². The largest absolute Gasteiger partial charge is 0.198 e. The highest BCUT2D eigenvalue weighted by Gasteiger charge is 2.51. The lowest BCUT2D eigenvalue weighted by Crippen LogP contribution is -2.10. The maximum atomic E-state index is 9.25. The fourth-order valence-electron chi connectivity index (χ4n) is 3.29. The molecule has 1 nitrogen and oxygen atoms in total. The van der Waals surface area contributed by atoms with Crippen molar-refractivity contribution in [1.82, 2.24) is 0 Å². The van der Waals surface area contributed by atoms with Crippen molar-refractivity contribution in [3.63, 3.8) is 0 Å². The first kappa shape index (κ1) is 11.1. The van der Waals surface area contributed by atoms with E-state index in [2.05, 4.69) is 18.2 Å². The van der Waals surface area contributed by atoms with E-state index in [1.165, 1.54) is 24.8 Å². The summed E-state index contributed by atoms with van der Waals surface area (Å²) in [5, 5.41) is 10.1. The summed E-state index contributed by atoms with van der Waals surface area (Å²) in [6, 6.07) is 10.8. The Hall–Kier alpha value is -1.00. The zero-order chi connectivity index (χ0) is 11.9. The quantitative estimate of drug-likeness (QED) is 0.751. The molecule has 88 valence electrons. The topological polar surface area (TPSA) is 23.8 Å². The number of nitriles is 1. The smallest absolute Gasteiger partial charge is 0.0692 e. The summed E-state index contributed by atoms with van der Waals surface area (Å²) in [4.78, 5) is 0. The molecule has 0 saturated heterocycles. The van der Waals surface area contributed by atoms with Crippen LogP contribution in [-0.2, 0) is 0 Å². The second-order valence-corrected chi connectivity index (χ2v) is 5.97. The summed E-state index contributed by atoms with van der Waals surface area (Å²) >= 11 is 6.04. The molecule has 2 aliphatic carbocycles. The van der Waals surface area contributed by atoms with Gasteiger partial charge in [0.1, 0.15) is 0 Å². The molecule has 2 fully saturated rings. The minimum atomic E-state index is 0.0489. The van der Waals surface area contributed by atoms with Gasteiger partial charge in [0, 0.05) is 5.02 Å². The van der Waals surface area contributed by atoms with Gasteiger partial charge < -0.3 is 0 Å². The van der Waals surface area contributed by atoms with Crippen LogP contribution in [0, 0.1) is 22.7 Å². The minimum absolute atomic E-state index is 0.0489. The van der Waals surface area contributed by atoms with Crippen LogP contribution in [0.4, 0.5) is 0 Å². The first-order valence-electron chi connectivity index (χ1n) is 6.40. The first-order valence-corrected chi connectivity index (χ1v) is 6.78. The Labute approximate surface area is 107 Å². The van der Waals surface area contributed by atoms with Crippen molar-refractivity contribution < 1.29 is 0 Å². The molecule has 2 saturated carbocycles. The van der Waals surface area contributed by atoms with Crippen molar-refractivity contribution in [2.24, 2.45) is 11.3 Å². The average Bonchev–Trinajstić information content (AvgIpc) is 2.99. The Morgan fingerprint density at radius 3 is 2.76 bits per heavy atom. The van der Waals surface area contributed by atoms with Gasteiger partial charge in [-0.2, -0.15) is 5.26 Å². The lowest BCUT2D eigenvalue weighted by atomic mass is 9.87. The third kappa shape index (κ3) is 1.96. The molecule has 2 heteroatoms. The fraction of sp³-hybridized carbons (Fsp3) is 0.533. The van der Waals surface area contributed by atoms with E-state index in [0.717, 1.165) is 17.9 Å². The van der Waals surface area contributed by atoms with E-state index in [1.807, 2.05) is 12.1 Å². The van der Waals surface area contributed by atoms with Crippen molar-refractivity contribution in [2.75, 3.05) is 0 Å². The predicted octanol–water partition coefficient (Wildman–Crippen LogP) is 4.53. The summed E-state index contributed by atoms with van der Waals surface area (Å²) in [5.41, 5.74) is 1.40. The molecule has 0 N–H and O–H groups in total. The summed E-state index contributed by atoms with van der Waals surface area (Å²) in [5.74, 6) is 1.24. The lowest BCUT2D eigenvalue weighted by molar-refractivity contribution is 0.390. The van der Waals surface area contributed by atoms with E-state index in [1.54, 1.807) is 0 Å². The van der Waals surface area contributed by atoms with Gasteiger partial charge in [-0.25, -0.2) is 0 Å². The monoisotopic (exact) mass is 245 g/mol. The molecule has 0 bridgehead atoms. The number of hydrogen-bond acceptors (Lipinski definition) is 1. The molecule has 2 atom stereocenters. The van der Waals surface area contributed by atoms with Crippen molar-refractivity contribution >= 4 is 11.6 Å². The van der Waals surface area contributed by atoms with Gasteiger partial charge in [0.05, 0.1) is 11.5 Å². The molecule has 2 aliphatic rings. The summed E-state index contributed by atoms with van der Waals surface area (Å²) in [7, 11) is 0. The minimum Gasteiger partial charge on any atom is -0.198 e. The zero-order valence-corrected chi connectivity index (χ0v) is 10.6. The van der Waals surface area contributed by atoms with Crippen LogP contribution in [0.2, 0.25) is 5.02 Å². The summed E-state index contributed by atoms with van der Waals surface area (Å²) in [6.45, 7) is 0.